The average molecular weight is 197 g/mol. The Morgan fingerprint density at radius 2 is 2.54 bits per heavy atom. The van der Waals surface area contributed by atoms with Crippen molar-refractivity contribution in [1.29, 1.82) is 0 Å². The average Bonchev–Trinajstić information content (AvgIpc) is 2.17. The van der Waals surface area contributed by atoms with Gasteiger partial charge in [0.05, 0.1) is 12.4 Å². The standard InChI is InChI=1S/C9H11NO2S/c1-2-12-9(11)7-13-8-4-3-5-10-6-8/h3-6H,2,7H2,1H3. The quantitative estimate of drug-likeness (QED) is 0.544. The monoisotopic (exact) mass is 197 g/mol. The molecule has 0 N–H and O–H groups in total. The van der Waals surface area contributed by atoms with Gasteiger partial charge in [0.1, 0.15) is 0 Å². The molecular formula is C9H11NO2S. The van der Waals surface area contributed by atoms with Crippen molar-refractivity contribution in [1.82, 2.24) is 4.98 Å². The molecule has 0 aliphatic carbocycles. The fraction of sp³-hybridized carbons (Fsp3) is 0.333. The van der Waals surface area contributed by atoms with Gasteiger partial charge in [0, 0.05) is 17.3 Å². The Balaban J connectivity index is 2.31. The van der Waals surface area contributed by atoms with Gasteiger partial charge in [-0.3, -0.25) is 9.78 Å². The molecule has 0 unspecified atom stereocenters. The third-order valence-corrected chi connectivity index (χ3v) is 2.25. The minimum atomic E-state index is -0.184. The Hall–Kier alpha value is -1.03. The van der Waals surface area contributed by atoms with Gasteiger partial charge in [-0.05, 0) is 19.1 Å². The maximum atomic E-state index is 11.0. The van der Waals surface area contributed by atoms with Gasteiger partial charge in [-0.25, -0.2) is 0 Å². The van der Waals surface area contributed by atoms with E-state index in [0.717, 1.165) is 4.90 Å². The molecule has 70 valence electrons. The van der Waals surface area contributed by atoms with Crippen molar-refractivity contribution < 1.29 is 9.53 Å². The Kier molecular flexibility index (Phi) is 4.32. The first kappa shape index (κ1) is 10.1. The molecule has 4 heteroatoms. The summed E-state index contributed by atoms with van der Waals surface area (Å²) in [6.07, 6.45) is 3.43. The summed E-state index contributed by atoms with van der Waals surface area (Å²) in [5.41, 5.74) is 0. The molecule has 3 nitrogen and oxygen atoms in total. The lowest BCUT2D eigenvalue weighted by atomic mass is 10.5. The van der Waals surface area contributed by atoms with Gasteiger partial charge in [0.2, 0.25) is 0 Å². The zero-order chi connectivity index (χ0) is 9.52. The Morgan fingerprint density at radius 1 is 1.69 bits per heavy atom. The SMILES string of the molecule is CCOC(=O)CSc1cccnc1. The smallest absolute Gasteiger partial charge is 0.316 e. The van der Waals surface area contributed by atoms with Crippen LogP contribution in [0.15, 0.2) is 29.4 Å². The molecule has 0 aliphatic heterocycles. The summed E-state index contributed by atoms with van der Waals surface area (Å²) in [7, 11) is 0. The highest BCUT2D eigenvalue weighted by molar-refractivity contribution is 8.00. The number of carbonyl (C=O) groups excluding carboxylic acids is 1. The number of aromatic nitrogens is 1. The molecule has 1 aromatic heterocycles. The van der Waals surface area contributed by atoms with Crippen LogP contribution in [0.2, 0.25) is 0 Å². The molecule has 0 aliphatic rings. The van der Waals surface area contributed by atoms with Gasteiger partial charge in [-0.15, -0.1) is 11.8 Å². The first-order valence-electron chi connectivity index (χ1n) is 4.01. The predicted octanol–water partition coefficient (Wildman–Crippen LogP) is 1.74. The minimum Gasteiger partial charge on any atom is -0.465 e. The van der Waals surface area contributed by atoms with Crippen molar-refractivity contribution in [3.63, 3.8) is 0 Å². The van der Waals surface area contributed by atoms with E-state index in [0.29, 0.717) is 12.4 Å². The van der Waals surface area contributed by atoms with E-state index in [4.69, 9.17) is 4.74 Å². The van der Waals surface area contributed by atoms with Crippen LogP contribution in [-0.2, 0) is 9.53 Å². The van der Waals surface area contributed by atoms with Crippen LogP contribution in [0.3, 0.4) is 0 Å². The Labute approximate surface area is 81.5 Å². The number of thioether (sulfide) groups is 1. The summed E-state index contributed by atoms with van der Waals surface area (Å²) in [4.78, 5) is 15.9. The molecule has 0 spiro atoms. The summed E-state index contributed by atoms with van der Waals surface area (Å²) in [6.45, 7) is 2.24. The number of ether oxygens (including phenoxy) is 1. The highest BCUT2D eigenvalue weighted by atomic mass is 32.2. The minimum absolute atomic E-state index is 0.184. The first-order valence-corrected chi connectivity index (χ1v) is 5.00. The number of hydrogen-bond acceptors (Lipinski definition) is 4. The number of rotatable bonds is 4. The van der Waals surface area contributed by atoms with Crippen LogP contribution < -0.4 is 0 Å². The molecule has 0 aromatic carbocycles. The maximum Gasteiger partial charge on any atom is 0.316 e. The number of hydrogen-bond donors (Lipinski definition) is 0. The highest BCUT2D eigenvalue weighted by Crippen LogP contribution is 2.15. The molecular weight excluding hydrogens is 186 g/mol. The summed E-state index contributed by atoms with van der Waals surface area (Å²) < 4.78 is 4.78. The number of carbonyl (C=O) groups is 1. The van der Waals surface area contributed by atoms with Crippen molar-refractivity contribution in [2.45, 2.75) is 11.8 Å². The van der Waals surface area contributed by atoms with Crippen molar-refractivity contribution in [2.75, 3.05) is 12.4 Å². The summed E-state index contributed by atoms with van der Waals surface area (Å²) >= 11 is 1.43. The summed E-state index contributed by atoms with van der Waals surface area (Å²) in [5, 5.41) is 0. The summed E-state index contributed by atoms with van der Waals surface area (Å²) in [5.74, 6) is 0.163. The molecule has 0 amide bonds. The Morgan fingerprint density at radius 3 is 3.15 bits per heavy atom. The molecule has 1 heterocycles. The van der Waals surface area contributed by atoms with E-state index >= 15 is 0 Å². The van der Waals surface area contributed by atoms with Gasteiger partial charge >= 0.3 is 5.97 Å². The fourth-order valence-electron chi connectivity index (χ4n) is 0.777. The molecule has 0 bridgehead atoms. The van der Waals surface area contributed by atoms with Crippen LogP contribution in [0.1, 0.15) is 6.92 Å². The van der Waals surface area contributed by atoms with Gasteiger partial charge in [0.25, 0.3) is 0 Å². The predicted molar refractivity (Wildman–Crippen MR) is 51.6 cm³/mol. The van der Waals surface area contributed by atoms with Crippen molar-refractivity contribution in [3.8, 4) is 0 Å². The van der Waals surface area contributed by atoms with Gasteiger partial charge in [-0.2, -0.15) is 0 Å². The highest BCUT2D eigenvalue weighted by Gasteiger charge is 2.01. The van der Waals surface area contributed by atoms with E-state index in [1.165, 1.54) is 11.8 Å². The zero-order valence-electron chi connectivity index (χ0n) is 7.40. The van der Waals surface area contributed by atoms with Crippen molar-refractivity contribution in [3.05, 3.63) is 24.5 Å². The van der Waals surface area contributed by atoms with E-state index < -0.39 is 0 Å². The first-order chi connectivity index (χ1) is 6.33. The van der Waals surface area contributed by atoms with Crippen LogP contribution >= 0.6 is 11.8 Å². The van der Waals surface area contributed by atoms with Crippen LogP contribution in [0.25, 0.3) is 0 Å². The molecule has 0 radical (unpaired) electrons. The van der Waals surface area contributed by atoms with Crippen molar-refractivity contribution in [2.24, 2.45) is 0 Å². The number of nitrogens with zero attached hydrogens (tertiary/aromatic N) is 1. The second kappa shape index (κ2) is 5.59. The zero-order valence-corrected chi connectivity index (χ0v) is 8.21. The largest absolute Gasteiger partial charge is 0.465 e. The van der Waals surface area contributed by atoms with Crippen LogP contribution in [-0.4, -0.2) is 23.3 Å². The van der Waals surface area contributed by atoms with Crippen LogP contribution in [0.4, 0.5) is 0 Å². The van der Waals surface area contributed by atoms with E-state index in [9.17, 15) is 4.79 Å². The molecule has 0 saturated carbocycles. The lowest BCUT2D eigenvalue weighted by molar-refractivity contribution is -0.139. The lowest BCUT2D eigenvalue weighted by Crippen LogP contribution is -2.06. The molecule has 0 fully saturated rings. The number of esters is 1. The topological polar surface area (TPSA) is 39.2 Å². The molecule has 0 saturated heterocycles. The molecule has 1 aromatic rings. The second-order valence-electron chi connectivity index (χ2n) is 2.28. The van der Waals surface area contributed by atoms with E-state index in [1.54, 1.807) is 19.3 Å². The van der Waals surface area contributed by atoms with E-state index in [1.807, 2.05) is 12.1 Å². The second-order valence-corrected chi connectivity index (χ2v) is 3.33. The fourth-order valence-corrected chi connectivity index (χ4v) is 1.46. The molecule has 1 rings (SSSR count). The van der Waals surface area contributed by atoms with Gasteiger partial charge < -0.3 is 4.74 Å². The normalized spacial score (nSPS) is 9.62. The third kappa shape index (κ3) is 3.94. The summed E-state index contributed by atoms with van der Waals surface area (Å²) in [6, 6.07) is 3.75. The maximum absolute atomic E-state index is 11.0. The van der Waals surface area contributed by atoms with Crippen LogP contribution in [0.5, 0.6) is 0 Å². The third-order valence-electron chi connectivity index (χ3n) is 1.30. The van der Waals surface area contributed by atoms with E-state index in [2.05, 4.69) is 4.98 Å². The van der Waals surface area contributed by atoms with Gasteiger partial charge in [0.15, 0.2) is 0 Å². The number of pyridine rings is 1. The van der Waals surface area contributed by atoms with E-state index in [-0.39, 0.29) is 5.97 Å². The lowest BCUT2D eigenvalue weighted by Gasteiger charge is -2.00. The van der Waals surface area contributed by atoms with Crippen molar-refractivity contribution >= 4 is 17.7 Å². The van der Waals surface area contributed by atoms with Crippen LogP contribution in [0, 0.1) is 0 Å². The van der Waals surface area contributed by atoms with Gasteiger partial charge in [-0.1, -0.05) is 0 Å². The molecule has 13 heavy (non-hydrogen) atoms. The molecule has 0 atom stereocenters. The Bertz CT molecular complexity index is 264.